The fraction of sp³-hybridized carbons (Fsp3) is 0.286. The summed E-state index contributed by atoms with van der Waals surface area (Å²) >= 11 is 0. The van der Waals surface area contributed by atoms with Crippen LogP contribution in [0.5, 0.6) is 5.75 Å². The number of benzene rings is 3. The van der Waals surface area contributed by atoms with Gasteiger partial charge in [0, 0.05) is 6.54 Å². The van der Waals surface area contributed by atoms with Gasteiger partial charge in [-0.05, 0) is 59.4 Å². The predicted octanol–water partition coefficient (Wildman–Crippen LogP) is 5.80. The number of allylic oxidation sites excluding steroid dienone is 1. The van der Waals surface area contributed by atoms with Gasteiger partial charge >= 0.3 is 0 Å². The number of hydrogen-bond donors (Lipinski definition) is 2. The second-order valence-corrected chi connectivity index (χ2v) is 7.63. The molecule has 31 heavy (non-hydrogen) atoms. The zero-order chi connectivity index (χ0) is 21.9. The minimum Gasteiger partial charge on any atom is -0.491 e. The highest BCUT2D eigenvalue weighted by Gasteiger charge is 2.13. The summed E-state index contributed by atoms with van der Waals surface area (Å²) in [7, 11) is 0. The normalized spacial score (nSPS) is 12.9. The minimum absolute atomic E-state index is 0.279. The molecule has 162 valence electrons. The largest absolute Gasteiger partial charge is 0.491 e. The average molecular weight is 416 g/mol. The molecular weight excluding hydrogens is 382 g/mol. The van der Waals surface area contributed by atoms with E-state index >= 15 is 0 Å². The Morgan fingerprint density at radius 2 is 1.39 bits per heavy atom. The topological polar surface area (TPSA) is 41.5 Å². The Bertz CT molecular complexity index is 934. The van der Waals surface area contributed by atoms with Crippen LogP contribution < -0.4 is 10.1 Å². The van der Waals surface area contributed by atoms with Crippen molar-refractivity contribution in [2.75, 3.05) is 19.7 Å². The van der Waals surface area contributed by atoms with Crippen molar-refractivity contribution in [3.8, 4) is 5.75 Å². The Hall–Kier alpha value is -2.88. The molecule has 3 aromatic carbocycles. The molecule has 0 bridgehead atoms. The van der Waals surface area contributed by atoms with Crippen LogP contribution in [-0.4, -0.2) is 30.9 Å². The van der Waals surface area contributed by atoms with E-state index in [1.165, 1.54) is 22.3 Å². The smallest absolute Gasteiger partial charge is 0.119 e. The summed E-state index contributed by atoms with van der Waals surface area (Å²) < 4.78 is 5.80. The van der Waals surface area contributed by atoms with Crippen LogP contribution in [0.1, 0.15) is 43.4 Å². The average Bonchev–Trinajstić information content (AvgIpc) is 2.83. The van der Waals surface area contributed by atoms with Crippen LogP contribution in [-0.2, 0) is 0 Å². The van der Waals surface area contributed by atoms with E-state index < -0.39 is 6.10 Å². The number of ether oxygens (including phenoxy) is 1. The monoisotopic (exact) mass is 415 g/mol. The molecule has 0 saturated carbocycles. The van der Waals surface area contributed by atoms with E-state index in [0.717, 1.165) is 30.7 Å². The minimum atomic E-state index is -0.518. The second-order valence-electron chi connectivity index (χ2n) is 7.63. The van der Waals surface area contributed by atoms with E-state index in [0.29, 0.717) is 6.54 Å². The van der Waals surface area contributed by atoms with Crippen LogP contribution in [0, 0.1) is 0 Å². The van der Waals surface area contributed by atoms with E-state index in [1.54, 1.807) is 0 Å². The third-order valence-electron chi connectivity index (χ3n) is 5.23. The highest BCUT2D eigenvalue weighted by Crippen LogP contribution is 2.34. The molecule has 2 N–H and O–H groups in total. The quantitative estimate of drug-likeness (QED) is 0.307. The molecule has 1 atom stereocenters. The van der Waals surface area contributed by atoms with Gasteiger partial charge < -0.3 is 15.2 Å². The Morgan fingerprint density at radius 3 is 1.97 bits per heavy atom. The molecule has 0 aliphatic heterocycles. The van der Waals surface area contributed by atoms with Crippen molar-refractivity contribution < 1.29 is 9.84 Å². The lowest BCUT2D eigenvalue weighted by Gasteiger charge is -2.17. The van der Waals surface area contributed by atoms with Crippen LogP contribution in [0.25, 0.3) is 11.1 Å². The molecule has 0 aliphatic carbocycles. The molecule has 3 heteroatoms. The first-order chi connectivity index (χ1) is 15.2. The van der Waals surface area contributed by atoms with Crippen LogP contribution in [0.3, 0.4) is 0 Å². The van der Waals surface area contributed by atoms with Gasteiger partial charge in [0.15, 0.2) is 0 Å². The summed E-state index contributed by atoms with van der Waals surface area (Å²) in [6.07, 6.45) is 1.47. The fourth-order valence-corrected chi connectivity index (χ4v) is 3.70. The Kier molecular flexibility index (Phi) is 8.89. The standard InChI is InChI=1S/C28H33NO2/c1-3-19-29-20-25(30)21-31-26-17-15-24(16-18-26)28(23-13-9-6-10-14-23)27(4-2)22-11-7-5-8-12-22/h5-18,25,29-30H,3-4,19-21H2,1-2H3. The molecule has 0 aromatic heterocycles. The molecule has 1 unspecified atom stereocenters. The van der Waals surface area contributed by atoms with Gasteiger partial charge in [0.1, 0.15) is 18.5 Å². The summed E-state index contributed by atoms with van der Waals surface area (Å²) in [6.45, 7) is 6.04. The number of aliphatic hydroxyl groups excluding tert-OH is 1. The van der Waals surface area contributed by atoms with Gasteiger partial charge in [-0.1, -0.05) is 86.6 Å². The van der Waals surface area contributed by atoms with Gasteiger partial charge in [-0.15, -0.1) is 0 Å². The Labute approximate surface area is 186 Å². The maximum atomic E-state index is 10.1. The first-order valence-electron chi connectivity index (χ1n) is 11.2. The van der Waals surface area contributed by atoms with Gasteiger partial charge in [0.05, 0.1) is 0 Å². The van der Waals surface area contributed by atoms with E-state index in [2.05, 4.69) is 85.9 Å². The first kappa shape index (κ1) is 22.8. The van der Waals surface area contributed by atoms with E-state index in [4.69, 9.17) is 4.74 Å². The zero-order valence-corrected chi connectivity index (χ0v) is 18.6. The van der Waals surface area contributed by atoms with Gasteiger partial charge in [-0.25, -0.2) is 0 Å². The predicted molar refractivity (Wildman–Crippen MR) is 130 cm³/mol. The third kappa shape index (κ3) is 6.55. The van der Waals surface area contributed by atoms with E-state index in [-0.39, 0.29) is 6.61 Å². The van der Waals surface area contributed by atoms with Gasteiger partial charge in [-0.2, -0.15) is 0 Å². The van der Waals surface area contributed by atoms with Crippen molar-refractivity contribution in [3.63, 3.8) is 0 Å². The van der Waals surface area contributed by atoms with Crippen LogP contribution in [0.2, 0.25) is 0 Å². The van der Waals surface area contributed by atoms with Gasteiger partial charge in [-0.3, -0.25) is 0 Å². The molecule has 0 radical (unpaired) electrons. The fourth-order valence-electron chi connectivity index (χ4n) is 3.70. The van der Waals surface area contributed by atoms with Crippen LogP contribution in [0.15, 0.2) is 84.9 Å². The molecule has 0 heterocycles. The molecule has 3 nitrogen and oxygen atoms in total. The molecule has 0 spiro atoms. The number of rotatable bonds is 11. The third-order valence-corrected chi connectivity index (χ3v) is 5.23. The van der Waals surface area contributed by atoms with Crippen molar-refractivity contribution >= 4 is 11.1 Å². The van der Waals surface area contributed by atoms with Crippen LogP contribution >= 0.6 is 0 Å². The van der Waals surface area contributed by atoms with Crippen molar-refractivity contribution in [2.24, 2.45) is 0 Å². The Balaban J connectivity index is 1.85. The van der Waals surface area contributed by atoms with Crippen LogP contribution in [0.4, 0.5) is 0 Å². The summed E-state index contributed by atoms with van der Waals surface area (Å²) in [5, 5.41) is 13.3. The van der Waals surface area contributed by atoms with Gasteiger partial charge in [0.2, 0.25) is 0 Å². The van der Waals surface area contributed by atoms with Crippen molar-refractivity contribution in [3.05, 3.63) is 102 Å². The maximum absolute atomic E-state index is 10.1. The lowest BCUT2D eigenvalue weighted by Crippen LogP contribution is -2.31. The molecule has 0 saturated heterocycles. The SMILES string of the molecule is CCCNCC(O)COc1ccc(C(=C(CC)c2ccccc2)c2ccccc2)cc1. The number of nitrogens with one attached hydrogen (secondary N) is 1. The summed E-state index contributed by atoms with van der Waals surface area (Å²) in [5.41, 5.74) is 6.16. The Morgan fingerprint density at radius 1 is 0.806 bits per heavy atom. The summed E-state index contributed by atoms with van der Waals surface area (Å²) in [4.78, 5) is 0. The lowest BCUT2D eigenvalue weighted by atomic mass is 9.88. The summed E-state index contributed by atoms with van der Waals surface area (Å²) in [5.74, 6) is 0.767. The molecule has 3 aromatic rings. The van der Waals surface area contributed by atoms with Crippen molar-refractivity contribution in [1.29, 1.82) is 0 Å². The molecule has 3 rings (SSSR count). The number of hydrogen-bond acceptors (Lipinski definition) is 3. The second kappa shape index (κ2) is 12.1. The maximum Gasteiger partial charge on any atom is 0.119 e. The zero-order valence-electron chi connectivity index (χ0n) is 18.6. The number of aliphatic hydroxyl groups is 1. The van der Waals surface area contributed by atoms with E-state index in [1.807, 2.05) is 18.2 Å². The van der Waals surface area contributed by atoms with E-state index in [9.17, 15) is 5.11 Å². The van der Waals surface area contributed by atoms with Crippen molar-refractivity contribution in [2.45, 2.75) is 32.8 Å². The molecule has 0 aliphatic rings. The van der Waals surface area contributed by atoms with Crippen molar-refractivity contribution in [1.82, 2.24) is 5.32 Å². The molecular formula is C28H33NO2. The molecule has 0 amide bonds. The highest BCUT2D eigenvalue weighted by atomic mass is 16.5. The highest BCUT2D eigenvalue weighted by molar-refractivity contribution is 5.98. The first-order valence-corrected chi connectivity index (χ1v) is 11.2. The molecule has 0 fully saturated rings. The lowest BCUT2D eigenvalue weighted by molar-refractivity contribution is 0.106. The summed E-state index contributed by atoms with van der Waals surface area (Å²) in [6, 6.07) is 29.3. The van der Waals surface area contributed by atoms with Gasteiger partial charge in [0.25, 0.3) is 0 Å².